The number of rotatable bonds is 6. The monoisotopic (exact) mass is 446 g/mol. The molecule has 0 bridgehead atoms. The normalized spacial score (nSPS) is 11.2. The zero-order valence-electron chi connectivity index (χ0n) is 16.4. The topological polar surface area (TPSA) is 66.5 Å². The lowest BCUT2D eigenvalue weighted by Crippen LogP contribution is -2.27. The number of aryl methyl sites for hydroxylation is 1. The Bertz CT molecular complexity index is 1160. The van der Waals surface area contributed by atoms with E-state index in [4.69, 9.17) is 11.6 Å². The summed E-state index contributed by atoms with van der Waals surface area (Å²) in [5, 5.41) is 2.83. The predicted octanol–water partition coefficient (Wildman–Crippen LogP) is 4.54. The Balaban J connectivity index is 1.76. The molecule has 0 aliphatic rings. The number of benzene rings is 3. The average Bonchev–Trinajstić information content (AvgIpc) is 2.72. The van der Waals surface area contributed by atoms with Crippen molar-refractivity contribution in [2.75, 3.05) is 11.4 Å². The summed E-state index contributed by atoms with van der Waals surface area (Å²) in [6.07, 6.45) is 0. The Morgan fingerprint density at radius 1 is 1.03 bits per heavy atom. The molecule has 30 heavy (non-hydrogen) atoms. The van der Waals surface area contributed by atoms with Crippen molar-refractivity contribution in [3.8, 4) is 0 Å². The summed E-state index contributed by atoms with van der Waals surface area (Å²) in [5.41, 5.74) is 2.23. The van der Waals surface area contributed by atoms with Gasteiger partial charge in [-0.1, -0.05) is 41.4 Å². The molecule has 0 aliphatic carbocycles. The average molecular weight is 447 g/mol. The van der Waals surface area contributed by atoms with Gasteiger partial charge in [-0.05, 0) is 55.0 Å². The van der Waals surface area contributed by atoms with E-state index < -0.39 is 15.9 Å². The van der Waals surface area contributed by atoms with Crippen LogP contribution in [0.4, 0.5) is 10.1 Å². The van der Waals surface area contributed by atoms with Crippen LogP contribution in [0.1, 0.15) is 21.5 Å². The van der Waals surface area contributed by atoms with Crippen molar-refractivity contribution >= 4 is 33.2 Å². The first-order valence-corrected chi connectivity index (χ1v) is 10.9. The van der Waals surface area contributed by atoms with Crippen molar-refractivity contribution in [1.29, 1.82) is 0 Å². The zero-order valence-corrected chi connectivity index (χ0v) is 18.0. The fraction of sp³-hybridized carbons (Fsp3) is 0.136. The maximum absolute atomic E-state index is 13.0. The van der Waals surface area contributed by atoms with Crippen molar-refractivity contribution in [2.45, 2.75) is 18.4 Å². The zero-order chi connectivity index (χ0) is 21.9. The van der Waals surface area contributed by atoms with Gasteiger partial charge in [0, 0.05) is 13.6 Å². The molecule has 0 radical (unpaired) electrons. The summed E-state index contributed by atoms with van der Waals surface area (Å²) < 4.78 is 39.7. The molecular weight excluding hydrogens is 427 g/mol. The van der Waals surface area contributed by atoms with Gasteiger partial charge >= 0.3 is 0 Å². The number of anilines is 1. The highest BCUT2D eigenvalue weighted by Gasteiger charge is 2.22. The van der Waals surface area contributed by atoms with Gasteiger partial charge in [-0.15, -0.1) is 0 Å². The van der Waals surface area contributed by atoms with Crippen molar-refractivity contribution in [3.63, 3.8) is 0 Å². The fourth-order valence-electron chi connectivity index (χ4n) is 2.77. The Hall–Kier alpha value is -2.90. The number of halogens is 2. The van der Waals surface area contributed by atoms with Crippen LogP contribution in [0.15, 0.2) is 71.6 Å². The van der Waals surface area contributed by atoms with Crippen LogP contribution in [0.3, 0.4) is 0 Å². The summed E-state index contributed by atoms with van der Waals surface area (Å²) >= 11 is 6.26. The van der Waals surface area contributed by atoms with Crippen molar-refractivity contribution < 1.29 is 17.6 Å². The molecule has 0 spiro atoms. The van der Waals surface area contributed by atoms with E-state index >= 15 is 0 Å². The summed E-state index contributed by atoms with van der Waals surface area (Å²) in [6.45, 7) is 2.08. The molecule has 156 valence electrons. The maximum atomic E-state index is 13.0. The first kappa shape index (κ1) is 21.8. The van der Waals surface area contributed by atoms with E-state index in [9.17, 15) is 17.6 Å². The second kappa shape index (κ2) is 8.85. The molecular formula is C22H20ClFN2O3S. The molecule has 1 amide bonds. The number of carbonyl (C=O) groups is 1. The molecule has 3 rings (SSSR count). The SMILES string of the molecule is Cc1ccc(S(=O)(=O)N(C)c2ccc(C(=O)NCc3ccc(F)cc3)c(Cl)c2)cc1. The van der Waals surface area contributed by atoms with Crippen molar-refractivity contribution in [1.82, 2.24) is 5.32 Å². The van der Waals surface area contributed by atoms with Crippen LogP contribution in [0.5, 0.6) is 0 Å². The van der Waals surface area contributed by atoms with Crippen LogP contribution in [0.2, 0.25) is 5.02 Å². The molecule has 0 fully saturated rings. The Labute approximate surface area is 180 Å². The standard InChI is InChI=1S/C22H20ClFN2O3S/c1-15-3-10-19(11-4-15)30(28,29)26(2)18-9-12-20(21(23)13-18)22(27)25-14-16-5-7-17(24)8-6-16/h3-13H,14H2,1-2H3,(H,25,27). The minimum Gasteiger partial charge on any atom is -0.348 e. The first-order valence-electron chi connectivity index (χ1n) is 9.06. The molecule has 5 nitrogen and oxygen atoms in total. The molecule has 0 aliphatic heterocycles. The third-order valence-electron chi connectivity index (χ3n) is 4.61. The lowest BCUT2D eigenvalue weighted by atomic mass is 10.1. The number of hydrogen-bond donors (Lipinski definition) is 1. The molecule has 0 saturated heterocycles. The highest BCUT2D eigenvalue weighted by Crippen LogP contribution is 2.27. The van der Waals surface area contributed by atoms with Gasteiger partial charge in [-0.3, -0.25) is 9.10 Å². The van der Waals surface area contributed by atoms with E-state index in [1.807, 2.05) is 6.92 Å². The van der Waals surface area contributed by atoms with Crippen molar-refractivity contribution in [2.24, 2.45) is 0 Å². The summed E-state index contributed by atoms with van der Waals surface area (Å²) in [4.78, 5) is 12.6. The second-order valence-corrected chi connectivity index (χ2v) is 9.14. The van der Waals surface area contributed by atoms with E-state index in [1.54, 1.807) is 36.4 Å². The third-order valence-corrected chi connectivity index (χ3v) is 6.72. The predicted molar refractivity (Wildman–Crippen MR) is 116 cm³/mol. The molecule has 1 N–H and O–H groups in total. The number of sulfonamides is 1. The van der Waals surface area contributed by atoms with Crippen LogP contribution in [0, 0.1) is 12.7 Å². The minimum atomic E-state index is -3.76. The Kier molecular flexibility index (Phi) is 6.43. The third kappa shape index (κ3) is 4.80. The lowest BCUT2D eigenvalue weighted by Gasteiger charge is -2.20. The van der Waals surface area contributed by atoms with Gasteiger partial charge in [0.1, 0.15) is 5.82 Å². The number of amides is 1. The van der Waals surface area contributed by atoms with Gasteiger partial charge in [-0.25, -0.2) is 12.8 Å². The van der Waals surface area contributed by atoms with Crippen LogP contribution in [0.25, 0.3) is 0 Å². The number of nitrogens with zero attached hydrogens (tertiary/aromatic N) is 1. The van der Waals surface area contributed by atoms with Crippen LogP contribution in [-0.2, 0) is 16.6 Å². The maximum Gasteiger partial charge on any atom is 0.264 e. The fourth-order valence-corrected chi connectivity index (χ4v) is 4.22. The van der Waals surface area contributed by atoms with E-state index in [-0.39, 0.29) is 27.8 Å². The second-order valence-electron chi connectivity index (χ2n) is 6.76. The molecule has 3 aromatic rings. The molecule has 8 heteroatoms. The van der Waals surface area contributed by atoms with Gasteiger partial charge in [0.2, 0.25) is 0 Å². The number of nitrogens with one attached hydrogen (secondary N) is 1. The van der Waals surface area contributed by atoms with E-state index in [1.165, 1.54) is 37.4 Å². The van der Waals surface area contributed by atoms with Crippen molar-refractivity contribution in [3.05, 3.63) is 94.3 Å². The largest absolute Gasteiger partial charge is 0.348 e. The van der Waals surface area contributed by atoms with Gasteiger partial charge in [0.25, 0.3) is 15.9 Å². The van der Waals surface area contributed by atoms with E-state index in [2.05, 4.69) is 5.32 Å². The number of hydrogen-bond acceptors (Lipinski definition) is 3. The van der Waals surface area contributed by atoms with E-state index in [0.29, 0.717) is 5.69 Å². The molecule has 0 atom stereocenters. The summed E-state index contributed by atoms with van der Waals surface area (Å²) in [7, 11) is -2.34. The quantitative estimate of drug-likeness (QED) is 0.604. The van der Waals surface area contributed by atoms with Crippen LogP contribution >= 0.6 is 11.6 Å². The molecule has 0 saturated carbocycles. The summed E-state index contributed by atoms with van der Waals surface area (Å²) in [5.74, 6) is -0.770. The van der Waals surface area contributed by atoms with Gasteiger partial charge in [0.05, 0.1) is 21.2 Å². The molecule has 0 unspecified atom stereocenters. The molecule has 3 aromatic carbocycles. The molecule has 0 heterocycles. The summed E-state index contributed by atoms with van der Waals surface area (Å²) in [6, 6.07) is 16.7. The van der Waals surface area contributed by atoms with Gasteiger partial charge in [0.15, 0.2) is 0 Å². The van der Waals surface area contributed by atoms with Crippen LogP contribution in [-0.4, -0.2) is 21.4 Å². The lowest BCUT2D eigenvalue weighted by molar-refractivity contribution is 0.0951. The highest BCUT2D eigenvalue weighted by molar-refractivity contribution is 7.92. The van der Waals surface area contributed by atoms with Gasteiger partial charge < -0.3 is 5.32 Å². The Morgan fingerprint density at radius 2 is 1.67 bits per heavy atom. The van der Waals surface area contributed by atoms with Crippen LogP contribution < -0.4 is 9.62 Å². The van der Waals surface area contributed by atoms with E-state index in [0.717, 1.165) is 15.4 Å². The smallest absolute Gasteiger partial charge is 0.264 e. The van der Waals surface area contributed by atoms with Gasteiger partial charge in [-0.2, -0.15) is 0 Å². The highest BCUT2D eigenvalue weighted by atomic mass is 35.5. The minimum absolute atomic E-state index is 0.120. The first-order chi connectivity index (χ1) is 14.2. The molecule has 0 aromatic heterocycles. The Morgan fingerprint density at radius 3 is 2.27 bits per heavy atom. The number of carbonyl (C=O) groups excluding carboxylic acids is 1.